The number of hydrogen-bond acceptors (Lipinski definition) is 3. The summed E-state index contributed by atoms with van der Waals surface area (Å²) in [5.41, 5.74) is 5.87. The molecular weight excluding hydrogens is 228 g/mol. The van der Waals surface area contributed by atoms with Crippen molar-refractivity contribution < 1.29 is 9.90 Å². The first-order valence-corrected chi connectivity index (χ1v) is 6.32. The minimum atomic E-state index is -1.00. The van der Waals surface area contributed by atoms with E-state index in [0.717, 1.165) is 24.8 Å². The number of benzene rings is 1. The topological polar surface area (TPSA) is 75.4 Å². The van der Waals surface area contributed by atoms with Gasteiger partial charge < -0.3 is 16.2 Å². The number of nitrogens with two attached hydrogens (primary N) is 1. The molecule has 1 atom stereocenters. The van der Waals surface area contributed by atoms with E-state index in [2.05, 4.69) is 5.32 Å². The maximum atomic E-state index is 12.0. The zero-order valence-electron chi connectivity index (χ0n) is 10.9. The molecule has 0 aliphatic heterocycles. The van der Waals surface area contributed by atoms with Crippen molar-refractivity contribution >= 4 is 5.91 Å². The van der Waals surface area contributed by atoms with Crippen LogP contribution in [0.25, 0.3) is 0 Å². The van der Waals surface area contributed by atoms with Crippen LogP contribution >= 0.6 is 0 Å². The zero-order valence-corrected chi connectivity index (χ0v) is 10.9. The Bertz CT molecular complexity index is 363. The smallest absolute Gasteiger partial charge is 0.244 e. The van der Waals surface area contributed by atoms with Crippen LogP contribution in [-0.4, -0.2) is 24.2 Å². The average molecular weight is 250 g/mol. The summed E-state index contributed by atoms with van der Waals surface area (Å²) in [5, 5.41) is 11.5. The molecular formula is C14H22N2O2. The van der Waals surface area contributed by atoms with Gasteiger partial charge in [-0.05, 0) is 31.7 Å². The highest BCUT2D eigenvalue weighted by molar-refractivity contribution is 5.86. The second-order valence-electron chi connectivity index (χ2n) is 4.61. The van der Waals surface area contributed by atoms with Gasteiger partial charge in [0.15, 0.2) is 0 Å². The standard InChI is InChI=1S/C14H22N2O2/c1-14(15,12-8-4-2-5-9-12)13(18)16-10-6-3-7-11-17/h2,4-5,8-9,17H,3,6-7,10-11,15H2,1H3,(H,16,18). The van der Waals surface area contributed by atoms with Crippen LogP contribution in [0.2, 0.25) is 0 Å². The summed E-state index contributed by atoms with van der Waals surface area (Å²) >= 11 is 0. The minimum absolute atomic E-state index is 0.169. The number of carbonyl (C=O) groups excluding carboxylic acids is 1. The van der Waals surface area contributed by atoms with E-state index in [1.54, 1.807) is 6.92 Å². The highest BCUT2D eigenvalue weighted by Crippen LogP contribution is 2.17. The summed E-state index contributed by atoms with van der Waals surface area (Å²) in [5.74, 6) is -0.169. The summed E-state index contributed by atoms with van der Waals surface area (Å²) in [6.07, 6.45) is 2.54. The molecule has 0 fully saturated rings. The monoisotopic (exact) mass is 250 g/mol. The van der Waals surface area contributed by atoms with E-state index in [4.69, 9.17) is 10.8 Å². The minimum Gasteiger partial charge on any atom is -0.396 e. The van der Waals surface area contributed by atoms with Crippen LogP contribution in [0.3, 0.4) is 0 Å². The maximum Gasteiger partial charge on any atom is 0.244 e. The van der Waals surface area contributed by atoms with Crippen molar-refractivity contribution in [3.63, 3.8) is 0 Å². The number of unbranched alkanes of at least 4 members (excludes halogenated alkanes) is 2. The van der Waals surface area contributed by atoms with Gasteiger partial charge in [-0.1, -0.05) is 30.3 Å². The Hall–Kier alpha value is -1.39. The third-order valence-corrected chi connectivity index (χ3v) is 2.97. The SMILES string of the molecule is CC(N)(C(=O)NCCCCCO)c1ccccc1. The second kappa shape index (κ2) is 7.13. The Morgan fingerprint density at radius 2 is 1.94 bits per heavy atom. The van der Waals surface area contributed by atoms with Gasteiger partial charge >= 0.3 is 0 Å². The predicted molar refractivity (Wildman–Crippen MR) is 71.9 cm³/mol. The number of nitrogens with one attached hydrogen (secondary N) is 1. The van der Waals surface area contributed by atoms with Gasteiger partial charge in [-0.25, -0.2) is 0 Å². The lowest BCUT2D eigenvalue weighted by atomic mass is 9.92. The molecule has 0 spiro atoms. The molecule has 1 rings (SSSR count). The molecule has 4 heteroatoms. The van der Waals surface area contributed by atoms with Gasteiger partial charge in [-0.15, -0.1) is 0 Å². The van der Waals surface area contributed by atoms with Gasteiger partial charge in [0, 0.05) is 13.2 Å². The first-order chi connectivity index (χ1) is 8.59. The summed E-state index contributed by atoms with van der Waals surface area (Å²) < 4.78 is 0. The van der Waals surface area contributed by atoms with E-state index >= 15 is 0 Å². The molecule has 1 unspecified atom stereocenters. The summed E-state index contributed by atoms with van der Waals surface area (Å²) in [6, 6.07) is 9.34. The van der Waals surface area contributed by atoms with Crippen molar-refractivity contribution in [3.05, 3.63) is 35.9 Å². The lowest BCUT2D eigenvalue weighted by Gasteiger charge is -2.24. The van der Waals surface area contributed by atoms with Crippen molar-refractivity contribution in [2.45, 2.75) is 31.7 Å². The number of carbonyl (C=O) groups is 1. The average Bonchev–Trinajstić information content (AvgIpc) is 2.39. The molecule has 0 radical (unpaired) electrons. The van der Waals surface area contributed by atoms with Crippen LogP contribution in [0, 0.1) is 0 Å². The van der Waals surface area contributed by atoms with Gasteiger partial charge in [0.2, 0.25) is 5.91 Å². The first kappa shape index (κ1) is 14.7. The van der Waals surface area contributed by atoms with Crippen LogP contribution < -0.4 is 11.1 Å². The Balaban J connectivity index is 2.45. The molecule has 1 aromatic carbocycles. The molecule has 0 heterocycles. The van der Waals surface area contributed by atoms with Crippen LogP contribution in [0.1, 0.15) is 31.7 Å². The molecule has 0 saturated heterocycles. The van der Waals surface area contributed by atoms with Crippen molar-refractivity contribution in [3.8, 4) is 0 Å². The van der Waals surface area contributed by atoms with Gasteiger partial charge in [0.25, 0.3) is 0 Å². The zero-order chi connectivity index (χ0) is 13.4. The van der Waals surface area contributed by atoms with E-state index < -0.39 is 5.54 Å². The van der Waals surface area contributed by atoms with Gasteiger partial charge in [0.1, 0.15) is 5.54 Å². The Morgan fingerprint density at radius 3 is 2.56 bits per heavy atom. The lowest BCUT2D eigenvalue weighted by molar-refractivity contribution is -0.126. The molecule has 4 N–H and O–H groups in total. The highest BCUT2D eigenvalue weighted by Gasteiger charge is 2.29. The molecule has 1 amide bonds. The number of aliphatic hydroxyl groups is 1. The van der Waals surface area contributed by atoms with E-state index in [-0.39, 0.29) is 12.5 Å². The Morgan fingerprint density at radius 1 is 1.28 bits per heavy atom. The number of hydrogen-bond donors (Lipinski definition) is 3. The molecule has 0 aromatic heterocycles. The number of amides is 1. The van der Waals surface area contributed by atoms with Crippen molar-refractivity contribution in [2.75, 3.05) is 13.2 Å². The van der Waals surface area contributed by atoms with Gasteiger partial charge in [0.05, 0.1) is 0 Å². The van der Waals surface area contributed by atoms with Gasteiger partial charge in [-0.3, -0.25) is 4.79 Å². The highest BCUT2D eigenvalue weighted by atomic mass is 16.2. The fourth-order valence-corrected chi connectivity index (χ4v) is 1.71. The lowest BCUT2D eigenvalue weighted by Crippen LogP contribution is -2.49. The molecule has 18 heavy (non-hydrogen) atoms. The second-order valence-corrected chi connectivity index (χ2v) is 4.61. The fraction of sp³-hybridized carbons (Fsp3) is 0.500. The van der Waals surface area contributed by atoms with E-state index in [1.165, 1.54) is 0 Å². The Kier molecular flexibility index (Phi) is 5.82. The van der Waals surface area contributed by atoms with Crippen molar-refractivity contribution in [2.24, 2.45) is 5.73 Å². The summed E-state index contributed by atoms with van der Waals surface area (Å²) in [4.78, 5) is 12.0. The summed E-state index contributed by atoms with van der Waals surface area (Å²) in [7, 11) is 0. The molecule has 0 aliphatic carbocycles. The molecule has 4 nitrogen and oxygen atoms in total. The molecule has 0 aliphatic rings. The quantitative estimate of drug-likeness (QED) is 0.635. The Labute approximate surface area is 108 Å². The van der Waals surface area contributed by atoms with E-state index in [9.17, 15) is 4.79 Å². The number of aliphatic hydroxyl groups excluding tert-OH is 1. The van der Waals surface area contributed by atoms with Gasteiger partial charge in [-0.2, -0.15) is 0 Å². The van der Waals surface area contributed by atoms with Crippen molar-refractivity contribution in [1.82, 2.24) is 5.32 Å². The number of rotatable bonds is 7. The van der Waals surface area contributed by atoms with Crippen LogP contribution in [-0.2, 0) is 10.3 Å². The molecule has 0 bridgehead atoms. The first-order valence-electron chi connectivity index (χ1n) is 6.32. The molecule has 0 saturated carbocycles. The third kappa shape index (κ3) is 4.13. The molecule has 1 aromatic rings. The third-order valence-electron chi connectivity index (χ3n) is 2.97. The van der Waals surface area contributed by atoms with Crippen LogP contribution in [0.15, 0.2) is 30.3 Å². The molecule has 100 valence electrons. The van der Waals surface area contributed by atoms with Crippen LogP contribution in [0.4, 0.5) is 0 Å². The fourth-order valence-electron chi connectivity index (χ4n) is 1.71. The normalized spacial score (nSPS) is 13.9. The largest absolute Gasteiger partial charge is 0.396 e. The van der Waals surface area contributed by atoms with Crippen molar-refractivity contribution in [1.29, 1.82) is 0 Å². The predicted octanol–water partition coefficient (Wildman–Crippen LogP) is 1.14. The maximum absolute atomic E-state index is 12.0. The summed E-state index contributed by atoms with van der Waals surface area (Å²) in [6.45, 7) is 2.51. The van der Waals surface area contributed by atoms with E-state index in [1.807, 2.05) is 30.3 Å². The van der Waals surface area contributed by atoms with Crippen LogP contribution in [0.5, 0.6) is 0 Å². The van der Waals surface area contributed by atoms with E-state index in [0.29, 0.717) is 6.54 Å².